The lowest BCUT2D eigenvalue weighted by molar-refractivity contribution is -0.747. The Hall–Kier alpha value is -1.40. The standard InChI is InChI=1S/C14H16N2O2S.BrH/c1-4-16-14(19-10(2)15-16)8-6-11-5-7-12(17)13(9-11)18-3;/h5-9H,4H2,1-3H3;1H. The fourth-order valence-electron chi connectivity index (χ4n) is 1.76. The molecule has 2 aromatic rings. The molecule has 1 heterocycles. The maximum Gasteiger partial charge on any atom is 0.289 e. The highest BCUT2D eigenvalue weighted by Crippen LogP contribution is 2.27. The molecule has 1 aromatic heterocycles. The molecule has 0 atom stereocenters. The number of aromatic hydroxyl groups is 1. The molecule has 0 saturated heterocycles. The van der Waals surface area contributed by atoms with Gasteiger partial charge in [0.25, 0.3) is 5.01 Å². The van der Waals surface area contributed by atoms with Crippen LogP contribution in [0.15, 0.2) is 18.2 Å². The number of benzene rings is 1. The van der Waals surface area contributed by atoms with Gasteiger partial charge in [0, 0.05) is 11.2 Å². The number of rotatable bonds is 4. The molecule has 20 heavy (non-hydrogen) atoms. The minimum atomic E-state index is 0. The number of methoxy groups -OCH3 is 1. The Kier molecular flexibility index (Phi) is 6.16. The minimum Gasteiger partial charge on any atom is -1.00 e. The maximum atomic E-state index is 9.54. The molecule has 6 heteroatoms. The van der Waals surface area contributed by atoms with Crippen molar-refractivity contribution < 1.29 is 31.5 Å². The molecule has 0 aliphatic heterocycles. The third kappa shape index (κ3) is 3.80. The molecule has 0 aliphatic rings. The highest BCUT2D eigenvalue weighted by Gasteiger charge is 2.12. The van der Waals surface area contributed by atoms with E-state index in [9.17, 15) is 5.11 Å². The number of aryl methyl sites for hydroxylation is 2. The van der Waals surface area contributed by atoms with Gasteiger partial charge in [0.1, 0.15) is 0 Å². The summed E-state index contributed by atoms with van der Waals surface area (Å²) < 4.78 is 7.05. The molecule has 0 aliphatic carbocycles. The molecule has 0 radical (unpaired) electrons. The topological polar surface area (TPSA) is 46.2 Å². The second kappa shape index (κ2) is 7.40. The molecule has 1 aromatic carbocycles. The summed E-state index contributed by atoms with van der Waals surface area (Å²) >= 11 is 1.66. The zero-order valence-corrected chi connectivity index (χ0v) is 14.0. The van der Waals surface area contributed by atoms with Crippen LogP contribution in [0.1, 0.15) is 22.5 Å². The molecule has 1 N–H and O–H groups in total. The zero-order valence-electron chi connectivity index (χ0n) is 11.6. The SMILES string of the molecule is CC[n+]1nc(C)sc1/C=C/c1ccc(O)c(OC)c1.[Br-]. The third-order valence-electron chi connectivity index (χ3n) is 2.69. The first kappa shape index (κ1) is 16.7. The fourth-order valence-corrected chi connectivity index (χ4v) is 2.61. The van der Waals surface area contributed by atoms with E-state index in [1.54, 1.807) is 30.6 Å². The summed E-state index contributed by atoms with van der Waals surface area (Å²) in [6.07, 6.45) is 4.01. The van der Waals surface area contributed by atoms with Gasteiger partial charge in [0.05, 0.1) is 7.11 Å². The van der Waals surface area contributed by atoms with Gasteiger partial charge in [0.2, 0.25) is 0 Å². The van der Waals surface area contributed by atoms with Gasteiger partial charge in [-0.2, -0.15) is 0 Å². The van der Waals surface area contributed by atoms with Gasteiger partial charge in [-0.25, -0.2) is 0 Å². The number of nitrogens with zero attached hydrogens (tertiary/aromatic N) is 2. The predicted octanol–water partition coefficient (Wildman–Crippen LogP) is -0.352. The normalized spacial score (nSPS) is 10.6. The van der Waals surface area contributed by atoms with E-state index in [0.29, 0.717) is 5.75 Å². The lowest BCUT2D eigenvalue weighted by Gasteiger charge is -2.03. The van der Waals surface area contributed by atoms with Gasteiger partial charge < -0.3 is 26.8 Å². The molecule has 0 unspecified atom stereocenters. The quantitative estimate of drug-likeness (QED) is 0.761. The van der Waals surface area contributed by atoms with Gasteiger partial charge in [-0.05, 0) is 49.0 Å². The molecule has 0 saturated carbocycles. The summed E-state index contributed by atoms with van der Waals surface area (Å²) in [6.45, 7) is 4.92. The molecule has 0 spiro atoms. The summed E-state index contributed by atoms with van der Waals surface area (Å²) in [4.78, 5) is 0. The second-order valence-corrected chi connectivity index (χ2v) is 5.25. The number of ether oxygens (including phenoxy) is 1. The predicted molar refractivity (Wildman–Crippen MR) is 76.3 cm³/mol. The van der Waals surface area contributed by atoms with Crippen LogP contribution >= 0.6 is 11.3 Å². The van der Waals surface area contributed by atoms with Crippen molar-refractivity contribution in [2.45, 2.75) is 20.4 Å². The molecule has 0 bridgehead atoms. The first-order chi connectivity index (χ1) is 9.13. The van der Waals surface area contributed by atoms with Crippen LogP contribution in [0.3, 0.4) is 0 Å². The Labute approximate surface area is 133 Å². The average molecular weight is 357 g/mol. The van der Waals surface area contributed by atoms with E-state index in [0.717, 1.165) is 22.1 Å². The number of aromatic nitrogens is 2. The summed E-state index contributed by atoms with van der Waals surface area (Å²) in [6, 6.07) is 5.28. The first-order valence-electron chi connectivity index (χ1n) is 6.06. The Balaban J connectivity index is 0.00000200. The molecule has 2 rings (SSSR count). The molecule has 108 valence electrons. The Morgan fingerprint density at radius 3 is 2.80 bits per heavy atom. The van der Waals surface area contributed by atoms with Gasteiger partial charge in [-0.15, -0.1) is 0 Å². The zero-order chi connectivity index (χ0) is 13.8. The fraction of sp³-hybridized carbons (Fsp3) is 0.286. The van der Waals surface area contributed by atoms with Crippen LogP contribution in [0.25, 0.3) is 12.2 Å². The van der Waals surface area contributed by atoms with Crippen molar-refractivity contribution in [3.63, 3.8) is 0 Å². The van der Waals surface area contributed by atoms with E-state index < -0.39 is 0 Å². The van der Waals surface area contributed by atoms with Crippen molar-refractivity contribution in [2.24, 2.45) is 0 Å². The lowest BCUT2D eigenvalue weighted by Crippen LogP contribution is -3.00. The number of halogens is 1. The maximum absolute atomic E-state index is 9.54. The number of phenolic OH excluding ortho intramolecular Hbond substituents is 1. The highest BCUT2D eigenvalue weighted by atomic mass is 79.9. The van der Waals surface area contributed by atoms with Crippen molar-refractivity contribution >= 4 is 23.5 Å². The first-order valence-corrected chi connectivity index (χ1v) is 6.88. The van der Waals surface area contributed by atoms with Crippen LogP contribution in [-0.2, 0) is 6.54 Å². The van der Waals surface area contributed by atoms with Crippen LogP contribution in [0.2, 0.25) is 0 Å². The summed E-state index contributed by atoms with van der Waals surface area (Å²) in [5.74, 6) is 0.628. The van der Waals surface area contributed by atoms with Gasteiger partial charge in [0.15, 0.2) is 23.1 Å². The smallest absolute Gasteiger partial charge is 0.289 e. The summed E-state index contributed by atoms with van der Waals surface area (Å²) in [5, 5.41) is 16.1. The molecule has 0 fully saturated rings. The van der Waals surface area contributed by atoms with E-state index in [-0.39, 0.29) is 22.7 Å². The van der Waals surface area contributed by atoms with Gasteiger partial charge in [-0.1, -0.05) is 10.7 Å². The monoisotopic (exact) mass is 356 g/mol. The third-order valence-corrected chi connectivity index (χ3v) is 3.62. The van der Waals surface area contributed by atoms with Gasteiger partial charge in [-0.3, -0.25) is 0 Å². The number of phenols is 1. The molecule has 0 amide bonds. The van der Waals surface area contributed by atoms with Crippen molar-refractivity contribution in [3.05, 3.63) is 33.8 Å². The second-order valence-electron chi connectivity index (χ2n) is 4.04. The largest absolute Gasteiger partial charge is 1.00 e. The Morgan fingerprint density at radius 2 is 2.15 bits per heavy atom. The average Bonchev–Trinajstić information content (AvgIpc) is 2.78. The number of hydrogen-bond donors (Lipinski definition) is 1. The van der Waals surface area contributed by atoms with E-state index >= 15 is 0 Å². The van der Waals surface area contributed by atoms with E-state index in [2.05, 4.69) is 12.0 Å². The molecule has 4 nitrogen and oxygen atoms in total. The number of hydrogen-bond acceptors (Lipinski definition) is 4. The van der Waals surface area contributed by atoms with Gasteiger partial charge >= 0.3 is 0 Å². The Morgan fingerprint density at radius 1 is 1.40 bits per heavy atom. The van der Waals surface area contributed by atoms with Crippen molar-refractivity contribution in [1.29, 1.82) is 0 Å². The minimum absolute atomic E-state index is 0. The molecular weight excluding hydrogens is 340 g/mol. The van der Waals surface area contributed by atoms with Crippen molar-refractivity contribution in [3.8, 4) is 11.5 Å². The van der Waals surface area contributed by atoms with E-state index in [1.807, 2.05) is 29.8 Å². The van der Waals surface area contributed by atoms with Crippen LogP contribution < -0.4 is 26.4 Å². The Bertz CT molecular complexity index is 611. The van der Waals surface area contributed by atoms with Crippen LogP contribution in [-0.4, -0.2) is 17.3 Å². The van der Waals surface area contributed by atoms with Crippen molar-refractivity contribution in [2.75, 3.05) is 7.11 Å². The molecular formula is C14H17BrN2O2S. The highest BCUT2D eigenvalue weighted by molar-refractivity contribution is 7.11. The van der Waals surface area contributed by atoms with E-state index in [4.69, 9.17) is 4.74 Å². The lowest BCUT2D eigenvalue weighted by atomic mass is 10.2. The van der Waals surface area contributed by atoms with Crippen LogP contribution in [0, 0.1) is 6.92 Å². The van der Waals surface area contributed by atoms with E-state index in [1.165, 1.54) is 0 Å². The van der Waals surface area contributed by atoms with Crippen LogP contribution in [0.4, 0.5) is 0 Å². The summed E-state index contributed by atoms with van der Waals surface area (Å²) in [7, 11) is 1.54. The summed E-state index contributed by atoms with van der Waals surface area (Å²) in [5.41, 5.74) is 0.975. The van der Waals surface area contributed by atoms with Crippen molar-refractivity contribution in [1.82, 2.24) is 5.10 Å². The van der Waals surface area contributed by atoms with Crippen LogP contribution in [0.5, 0.6) is 11.5 Å².